The highest BCUT2D eigenvalue weighted by molar-refractivity contribution is 5.89. The van der Waals surface area contributed by atoms with E-state index >= 15 is 0 Å². The van der Waals surface area contributed by atoms with Crippen molar-refractivity contribution >= 4 is 17.8 Å². The number of cyclic esters (lactones) is 1. The van der Waals surface area contributed by atoms with E-state index in [-0.39, 0.29) is 29.8 Å². The second-order valence-electron chi connectivity index (χ2n) is 11.7. The Hall–Kier alpha value is -2.09. The van der Waals surface area contributed by atoms with E-state index in [1.165, 1.54) is 0 Å². The third-order valence-corrected chi connectivity index (χ3v) is 9.15. The first kappa shape index (κ1) is 27.9. The van der Waals surface area contributed by atoms with Crippen LogP contribution in [0.25, 0.3) is 6.08 Å². The van der Waals surface area contributed by atoms with Crippen molar-refractivity contribution in [2.75, 3.05) is 0 Å². The summed E-state index contributed by atoms with van der Waals surface area (Å²) in [5.74, 6) is -1.22. The predicted octanol–water partition coefficient (Wildman–Crippen LogP) is 4.64. The highest BCUT2D eigenvalue weighted by Gasteiger charge is 2.55. The lowest BCUT2D eigenvalue weighted by Gasteiger charge is -2.46. The molecular weight excluding hydrogens is 470 g/mol. The largest absolute Gasteiger partial charge is 0.458 e. The highest BCUT2D eigenvalue weighted by Crippen LogP contribution is 2.49. The lowest BCUT2D eigenvalue weighted by Crippen LogP contribution is -2.53. The van der Waals surface area contributed by atoms with Crippen molar-refractivity contribution in [1.29, 1.82) is 0 Å². The molecule has 2 N–H and O–H groups in total. The summed E-state index contributed by atoms with van der Waals surface area (Å²) >= 11 is 0. The number of rotatable bonds is 3. The summed E-state index contributed by atoms with van der Waals surface area (Å²) in [5, 5.41) is 22.3. The number of nitrogens with zero attached hydrogens (tertiary/aromatic N) is 1. The van der Waals surface area contributed by atoms with Gasteiger partial charge in [-0.2, -0.15) is 0 Å². The Morgan fingerprint density at radius 2 is 1.95 bits per heavy atom. The summed E-state index contributed by atoms with van der Waals surface area (Å²) < 4.78 is 12.0. The Kier molecular flexibility index (Phi) is 8.56. The van der Waals surface area contributed by atoms with Crippen LogP contribution in [0.5, 0.6) is 0 Å². The van der Waals surface area contributed by atoms with Gasteiger partial charge in [-0.25, -0.2) is 0 Å². The molecule has 7 atom stereocenters. The molecule has 0 bridgehead atoms. The number of carbonyl (C=O) groups excluding carboxylic acids is 2. The van der Waals surface area contributed by atoms with Crippen molar-refractivity contribution in [3.05, 3.63) is 35.7 Å². The smallest absolute Gasteiger partial charge is 0.309 e. The quantitative estimate of drug-likeness (QED) is 0.448. The van der Waals surface area contributed by atoms with Crippen molar-refractivity contribution in [2.24, 2.45) is 17.3 Å². The molecule has 37 heavy (non-hydrogen) atoms. The SMILES string of the molecule is CC[C@@H]1C(=O)C2(CCC2)[C@H](O)CC(=O)O[C@H](/C(C)=C/c2ccccn2)CC2OC2(C)CCC[C@H](C)[C@@H]1O. The number of pyridine rings is 1. The number of ether oxygens (including phenoxy) is 2. The van der Waals surface area contributed by atoms with Gasteiger partial charge in [0.25, 0.3) is 0 Å². The van der Waals surface area contributed by atoms with Crippen LogP contribution in [-0.2, 0) is 19.1 Å². The number of aliphatic hydroxyl groups is 2. The summed E-state index contributed by atoms with van der Waals surface area (Å²) in [6.07, 6.45) is 6.36. The fraction of sp³-hybridized carbons (Fsp3) is 0.700. The molecule has 204 valence electrons. The van der Waals surface area contributed by atoms with Gasteiger partial charge >= 0.3 is 5.97 Å². The average molecular weight is 514 g/mol. The van der Waals surface area contributed by atoms with Gasteiger partial charge in [0, 0.05) is 18.5 Å². The number of Topliss-reactive ketones (excluding diaryl/α,β-unsaturated/α-hetero) is 1. The van der Waals surface area contributed by atoms with Crippen LogP contribution in [0, 0.1) is 17.3 Å². The normalized spacial score (nSPS) is 37.4. The molecule has 3 aliphatic rings. The van der Waals surface area contributed by atoms with E-state index in [4.69, 9.17) is 9.47 Å². The molecule has 1 spiro atoms. The molecule has 4 rings (SSSR count). The van der Waals surface area contributed by atoms with Gasteiger partial charge in [-0.05, 0) is 75.7 Å². The van der Waals surface area contributed by atoms with E-state index in [1.54, 1.807) is 6.20 Å². The van der Waals surface area contributed by atoms with E-state index in [2.05, 4.69) is 11.9 Å². The van der Waals surface area contributed by atoms with Gasteiger partial charge < -0.3 is 19.7 Å². The van der Waals surface area contributed by atoms with Gasteiger partial charge in [-0.3, -0.25) is 14.6 Å². The van der Waals surface area contributed by atoms with Gasteiger partial charge in [-0.1, -0.05) is 32.8 Å². The Morgan fingerprint density at radius 3 is 2.57 bits per heavy atom. The molecule has 0 radical (unpaired) electrons. The van der Waals surface area contributed by atoms with Gasteiger partial charge in [-0.15, -0.1) is 0 Å². The zero-order valence-electron chi connectivity index (χ0n) is 22.7. The zero-order chi connectivity index (χ0) is 26.8. The van der Waals surface area contributed by atoms with E-state index in [0.29, 0.717) is 25.7 Å². The Morgan fingerprint density at radius 1 is 1.19 bits per heavy atom. The molecule has 1 saturated carbocycles. The molecule has 2 saturated heterocycles. The molecule has 0 amide bonds. The van der Waals surface area contributed by atoms with E-state index in [0.717, 1.165) is 37.0 Å². The topological polar surface area (TPSA) is 109 Å². The Labute approximate surface area is 220 Å². The summed E-state index contributed by atoms with van der Waals surface area (Å²) in [6.45, 7) is 7.92. The number of hydrogen-bond donors (Lipinski definition) is 2. The summed E-state index contributed by atoms with van der Waals surface area (Å²) in [6, 6.07) is 5.66. The van der Waals surface area contributed by atoms with Crippen LogP contribution < -0.4 is 0 Å². The van der Waals surface area contributed by atoms with Crippen molar-refractivity contribution in [3.63, 3.8) is 0 Å². The second-order valence-corrected chi connectivity index (χ2v) is 11.7. The number of hydrogen-bond acceptors (Lipinski definition) is 7. The third-order valence-electron chi connectivity index (χ3n) is 9.15. The second kappa shape index (κ2) is 11.3. The molecule has 1 aromatic rings. The van der Waals surface area contributed by atoms with Crippen LogP contribution >= 0.6 is 0 Å². The Bertz CT molecular complexity index is 989. The number of ketones is 1. The van der Waals surface area contributed by atoms with Crippen molar-refractivity contribution in [2.45, 2.75) is 115 Å². The van der Waals surface area contributed by atoms with Crippen LogP contribution in [0.3, 0.4) is 0 Å². The first-order valence-electron chi connectivity index (χ1n) is 14.0. The fourth-order valence-electron chi connectivity index (χ4n) is 6.27. The minimum atomic E-state index is -1.13. The Balaban J connectivity index is 1.60. The van der Waals surface area contributed by atoms with Crippen LogP contribution in [0.15, 0.2) is 30.0 Å². The van der Waals surface area contributed by atoms with Crippen molar-refractivity contribution in [3.8, 4) is 0 Å². The number of aromatic nitrogens is 1. The van der Waals surface area contributed by atoms with Gasteiger partial charge in [0.2, 0.25) is 0 Å². The van der Waals surface area contributed by atoms with Gasteiger partial charge in [0.15, 0.2) is 0 Å². The number of aliphatic hydroxyl groups excluding tert-OH is 2. The van der Waals surface area contributed by atoms with Crippen LogP contribution in [-0.4, -0.2) is 57.0 Å². The summed E-state index contributed by atoms with van der Waals surface area (Å²) in [4.78, 5) is 31.2. The molecule has 3 heterocycles. The molecule has 1 aromatic heterocycles. The van der Waals surface area contributed by atoms with Gasteiger partial charge in [0.05, 0.1) is 41.4 Å². The van der Waals surface area contributed by atoms with Crippen LogP contribution in [0.2, 0.25) is 0 Å². The number of esters is 1. The number of carbonyl (C=O) groups is 2. The van der Waals surface area contributed by atoms with Crippen molar-refractivity contribution < 1.29 is 29.3 Å². The van der Waals surface area contributed by atoms with Gasteiger partial charge in [0.1, 0.15) is 11.9 Å². The lowest BCUT2D eigenvalue weighted by atomic mass is 9.58. The monoisotopic (exact) mass is 513 g/mol. The maximum atomic E-state index is 13.7. The zero-order valence-corrected chi connectivity index (χ0v) is 22.7. The minimum Gasteiger partial charge on any atom is -0.458 e. The number of epoxide rings is 1. The minimum absolute atomic E-state index is 0.0432. The summed E-state index contributed by atoms with van der Waals surface area (Å²) in [5.41, 5.74) is 0.356. The maximum absolute atomic E-state index is 13.7. The van der Waals surface area contributed by atoms with Crippen molar-refractivity contribution in [1.82, 2.24) is 4.98 Å². The maximum Gasteiger partial charge on any atom is 0.309 e. The third kappa shape index (κ3) is 5.99. The van der Waals surface area contributed by atoms with E-state index < -0.39 is 35.6 Å². The molecule has 7 heteroatoms. The molecule has 2 unspecified atom stereocenters. The van der Waals surface area contributed by atoms with E-state index in [1.807, 2.05) is 45.0 Å². The highest BCUT2D eigenvalue weighted by atomic mass is 16.6. The average Bonchev–Trinajstić information content (AvgIpc) is 3.46. The molecule has 7 nitrogen and oxygen atoms in total. The number of fused-ring (bicyclic) bond motifs is 1. The standard InChI is InChI=1S/C30H43NO6/c1-5-22-27(34)19(2)10-8-12-29(4)25(37-29)17-23(20(3)16-21-11-6-7-15-31-21)36-26(33)18-24(32)30(28(22)35)13-9-14-30/h6-7,11,15-16,19,22-25,27,32,34H,5,8-10,12-14,17-18H2,1-4H3/b20-16+/t19-,22-,23-,24+,25?,27-,29?/m0/s1. The van der Waals surface area contributed by atoms with E-state index in [9.17, 15) is 19.8 Å². The van der Waals surface area contributed by atoms with Crippen LogP contribution in [0.1, 0.15) is 91.2 Å². The lowest BCUT2D eigenvalue weighted by molar-refractivity contribution is -0.162. The molecule has 0 aromatic carbocycles. The van der Waals surface area contributed by atoms with Crippen LogP contribution in [0.4, 0.5) is 0 Å². The summed E-state index contributed by atoms with van der Waals surface area (Å²) in [7, 11) is 0. The predicted molar refractivity (Wildman–Crippen MR) is 140 cm³/mol. The molecule has 2 aliphatic heterocycles. The first-order chi connectivity index (χ1) is 17.6. The first-order valence-corrected chi connectivity index (χ1v) is 14.0. The fourth-order valence-corrected chi connectivity index (χ4v) is 6.27. The molecular formula is C30H43NO6. The molecule has 3 fully saturated rings. The molecule has 1 aliphatic carbocycles.